The van der Waals surface area contributed by atoms with Gasteiger partial charge in [-0.05, 0) is 51.3 Å². The first-order valence-corrected chi connectivity index (χ1v) is 8.32. The Labute approximate surface area is 128 Å². The quantitative estimate of drug-likeness (QED) is 0.893. The first-order valence-electron chi connectivity index (χ1n) is 8.32. The Morgan fingerprint density at radius 3 is 2.57 bits per heavy atom. The van der Waals surface area contributed by atoms with Crippen molar-refractivity contribution in [2.75, 3.05) is 32.8 Å². The van der Waals surface area contributed by atoms with Gasteiger partial charge in [-0.3, -0.25) is 0 Å². The van der Waals surface area contributed by atoms with Crippen LogP contribution in [0.1, 0.15) is 38.2 Å². The Bertz CT molecular complexity index is 434. The monoisotopic (exact) mass is 288 g/mol. The third-order valence-corrected chi connectivity index (χ3v) is 5.24. The molecule has 1 aromatic rings. The van der Waals surface area contributed by atoms with Gasteiger partial charge < -0.3 is 15.4 Å². The fourth-order valence-electron chi connectivity index (χ4n) is 3.72. The number of rotatable bonds is 4. The predicted molar refractivity (Wildman–Crippen MR) is 86.7 cm³/mol. The van der Waals surface area contributed by atoms with Gasteiger partial charge in [-0.25, -0.2) is 0 Å². The molecule has 0 aliphatic carbocycles. The molecule has 2 aliphatic heterocycles. The lowest BCUT2D eigenvalue weighted by atomic mass is 9.72. The molecule has 3 nitrogen and oxygen atoms in total. The molecule has 2 aliphatic rings. The van der Waals surface area contributed by atoms with Crippen LogP contribution in [0.25, 0.3) is 0 Å². The second kappa shape index (κ2) is 6.47. The molecule has 2 heterocycles. The molecule has 0 saturated carbocycles. The van der Waals surface area contributed by atoms with Gasteiger partial charge >= 0.3 is 0 Å². The average molecular weight is 288 g/mol. The van der Waals surface area contributed by atoms with Gasteiger partial charge in [0.15, 0.2) is 0 Å². The maximum absolute atomic E-state index is 5.69. The van der Waals surface area contributed by atoms with Crippen LogP contribution >= 0.6 is 0 Å². The molecule has 0 spiro atoms. The van der Waals surface area contributed by atoms with E-state index in [1.165, 1.54) is 31.2 Å². The zero-order chi connectivity index (χ0) is 14.6. The summed E-state index contributed by atoms with van der Waals surface area (Å²) in [4.78, 5) is 0. The summed E-state index contributed by atoms with van der Waals surface area (Å²) < 4.78 is 5.69. The first-order chi connectivity index (χ1) is 10.2. The van der Waals surface area contributed by atoms with Crippen molar-refractivity contribution in [2.45, 2.75) is 43.6 Å². The fraction of sp³-hybridized carbons (Fsp3) is 0.667. The van der Waals surface area contributed by atoms with Crippen molar-refractivity contribution >= 4 is 0 Å². The summed E-state index contributed by atoms with van der Waals surface area (Å²) in [5.74, 6) is 0. The second-order valence-corrected chi connectivity index (χ2v) is 6.97. The minimum absolute atomic E-state index is 0.144. The Kier molecular flexibility index (Phi) is 4.63. The van der Waals surface area contributed by atoms with Crippen molar-refractivity contribution in [3.05, 3.63) is 35.9 Å². The molecule has 1 atom stereocenters. The van der Waals surface area contributed by atoms with Gasteiger partial charge in [0.1, 0.15) is 0 Å². The van der Waals surface area contributed by atoms with Crippen molar-refractivity contribution in [2.24, 2.45) is 0 Å². The topological polar surface area (TPSA) is 33.3 Å². The van der Waals surface area contributed by atoms with E-state index in [-0.39, 0.29) is 11.0 Å². The Morgan fingerprint density at radius 2 is 1.90 bits per heavy atom. The van der Waals surface area contributed by atoms with Crippen LogP contribution in [0.4, 0.5) is 0 Å². The van der Waals surface area contributed by atoms with E-state index in [1.54, 1.807) is 0 Å². The molecule has 2 saturated heterocycles. The lowest BCUT2D eigenvalue weighted by molar-refractivity contribution is 0.0248. The molecule has 3 rings (SSSR count). The van der Waals surface area contributed by atoms with Crippen molar-refractivity contribution in [3.63, 3.8) is 0 Å². The SMILES string of the molecule is CC1(NCC2(c3ccccc3)CCNCC2)CCCOC1. The molecule has 0 aromatic heterocycles. The van der Waals surface area contributed by atoms with Crippen LogP contribution in [0, 0.1) is 0 Å². The normalized spacial score (nSPS) is 29.2. The molecule has 0 radical (unpaired) electrons. The number of hydrogen-bond donors (Lipinski definition) is 2. The van der Waals surface area contributed by atoms with Gasteiger partial charge in [-0.2, -0.15) is 0 Å². The lowest BCUT2D eigenvalue weighted by Gasteiger charge is -2.43. The molecular formula is C18H28N2O. The first kappa shape index (κ1) is 15.0. The minimum Gasteiger partial charge on any atom is -0.380 e. The highest BCUT2D eigenvalue weighted by Crippen LogP contribution is 2.34. The standard InChI is InChI=1S/C18H28N2O/c1-17(8-5-13-21-15-17)20-14-18(9-11-19-12-10-18)16-6-3-2-4-7-16/h2-4,6-7,19-20H,5,8-15H2,1H3. The fourth-order valence-corrected chi connectivity index (χ4v) is 3.72. The second-order valence-electron chi connectivity index (χ2n) is 6.97. The van der Waals surface area contributed by atoms with E-state index in [9.17, 15) is 0 Å². The van der Waals surface area contributed by atoms with Gasteiger partial charge in [0.25, 0.3) is 0 Å². The molecule has 3 heteroatoms. The summed E-state index contributed by atoms with van der Waals surface area (Å²) in [6.45, 7) is 7.36. The Hall–Kier alpha value is -0.900. The van der Waals surface area contributed by atoms with Crippen molar-refractivity contribution in [1.82, 2.24) is 10.6 Å². The van der Waals surface area contributed by atoms with Crippen LogP contribution in [0.5, 0.6) is 0 Å². The van der Waals surface area contributed by atoms with E-state index in [1.807, 2.05) is 0 Å². The third-order valence-electron chi connectivity index (χ3n) is 5.24. The number of ether oxygens (including phenoxy) is 1. The number of hydrogen-bond acceptors (Lipinski definition) is 3. The zero-order valence-corrected chi connectivity index (χ0v) is 13.2. The molecular weight excluding hydrogens is 260 g/mol. The van der Waals surface area contributed by atoms with E-state index < -0.39 is 0 Å². The summed E-state index contributed by atoms with van der Waals surface area (Å²) >= 11 is 0. The van der Waals surface area contributed by atoms with E-state index in [0.717, 1.165) is 32.8 Å². The van der Waals surface area contributed by atoms with Crippen molar-refractivity contribution in [3.8, 4) is 0 Å². The van der Waals surface area contributed by atoms with E-state index in [0.29, 0.717) is 0 Å². The highest BCUT2D eigenvalue weighted by Gasteiger charge is 2.36. The van der Waals surface area contributed by atoms with Crippen LogP contribution in [0.15, 0.2) is 30.3 Å². The zero-order valence-electron chi connectivity index (χ0n) is 13.2. The maximum atomic E-state index is 5.69. The number of piperidine rings is 1. The Morgan fingerprint density at radius 1 is 1.14 bits per heavy atom. The third kappa shape index (κ3) is 3.47. The molecule has 0 amide bonds. The largest absolute Gasteiger partial charge is 0.380 e. The molecule has 2 N–H and O–H groups in total. The maximum Gasteiger partial charge on any atom is 0.0645 e. The van der Waals surface area contributed by atoms with E-state index in [4.69, 9.17) is 4.74 Å². The van der Waals surface area contributed by atoms with Crippen LogP contribution in [-0.4, -0.2) is 38.4 Å². The van der Waals surface area contributed by atoms with Crippen LogP contribution < -0.4 is 10.6 Å². The summed E-state index contributed by atoms with van der Waals surface area (Å²) in [6, 6.07) is 11.1. The average Bonchev–Trinajstić information content (AvgIpc) is 2.56. The lowest BCUT2D eigenvalue weighted by Crippen LogP contribution is -2.55. The highest BCUT2D eigenvalue weighted by molar-refractivity contribution is 5.27. The van der Waals surface area contributed by atoms with Gasteiger partial charge in [-0.1, -0.05) is 30.3 Å². The Balaban J connectivity index is 1.74. The van der Waals surface area contributed by atoms with Crippen LogP contribution in [0.3, 0.4) is 0 Å². The molecule has 2 fully saturated rings. The highest BCUT2D eigenvalue weighted by atomic mass is 16.5. The molecule has 1 aromatic carbocycles. The van der Waals surface area contributed by atoms with Gasteiger partial charge in [-0.15, -0.1) is 0 Å². The molecule has 21 heavy (non-hydrogen) atoms. The minimum atomic E-state index is 0.144. The summed E-state index contributed by atoms with van der Waals surface area (Å²) in [5, 5.41) is 7.36. The predicted octanol–water partition coefficient (Wildman–Crippen LogP) is 2.47. The summed E-state index contributed by atoms with van der Waals surface area (Å²) in [7, 11) is 0. The van der Waals surface area contributed by atoms with Crippen molar-refractivity contribution < 1.29 is 4.74 Å². The number of nitrogens with one attached hydrogen (secondary N) is 2. The van der Waals surface area contributed by atoms with Crippen LogP contribution in [-0.2, 0) is 10.2 Å². The van der Waals surface area contributed by atoms with Gasteiger partial charge in [0, 0.05) is 24.1 Å². The molecule has 116 valence electrons. The van der Waals surface area contributed by atoms with E-state index in [2.05, 4.69) is 47.9 Å². The van der Waals surface area contributed by atoms with Gasteiger partial charge in [0.2, 0.25) is 0 Å². The van der Waals surface area contributed by atoms with Crippen molar-refractivity contribution in [1.29, 1.82) is 0 Å². The molecule has 0 bridgehead atoms. The van der Waals surface area contributed by atoms with E-state index >= 15 is 0 Å². The smallest absolute Gasteiger partial charge is 0.0645 e. The number of benzene rings is 1. The van der Waals surface area contributed by atoms with Gasteiger partial charge in [0.05, 0.1) is 6.61 Å². The molecule has 1 unspecified atom stereocenters. The summed E-state index contributed by atoms with van der Waals surface area (Å²) in [6.07, 6.45) is 4.81. The van der Waals surface area contributed by atoms with Crippen LogP contribution in [0.2, 0.25) is 0 Å². The summed E-state index contributed by atoms with van der Waals surface area (Å²) in [5.41, 5.74) is 1.90.